The van der Waals surface area contributed by atoms with Gasteiger partial charge < -0.3 is 10.2 Å². The predicted octanol–water partition coefficient (Wildman–Crippen LogP) is 0.804. The van der Waals surface area contributed by atoms with Gasteiger partial charge in [-0.3, -0.25) is 10.1 Å². The summed E-state index contributed by atoms with van der Waals surface area (Å²) in [5.74, 6) is -0.931. The van der Waals surface area contributed by atoms with Gasteiger partial charge in [0.1, 0.15) is 11.8 Å². The predicted molar refractivity (Wildman–Crippen MR) is 50.3 cm³/mol. The Morgan fingerprint density at radius 1 is 1.54 bits per heavy atom. The van der Waals surface area contributed by atoms with Gasteiger partial charge in [-0.05, 0) is 19.3 Å². The van der Waals surface area contributed by atoms with Crippen molar-refractivity contribution in [2.75, 3.05) is 0 Å². The fourth-order valence-electron chi connectivity index (χ4n) is 0.808. The molecule has 2 unspecified atom stereocenters. The molecule has 0 heterocycles. The van der Waals surface area contributed by atoms with Crippen LogP contribution in [0.15, 0.2) is 0 Å². The van der Waals surface area contributed by atoms with Crippen LogP contribution in [-0.4, -0.2) is 27.9 Å². The summed E-state index contributed by atoms with van der Waals surface area (Å²) in [7, 11) is 0. The molecule has 4 heteroatoms. The highest BCUT2D eigenvalue weighted by Crippen LogP contribution is 2.12. The fourth-order valence-corrected chi connectivity index (χ4v) is 0.808. The molecule has 3 N–H and O–H groups in total. The van der Waals surface area contributed by atoms with E-state index in [2.05, 4.69) is 5.32 Å². The summed E-state index contributed by atoms with van der Waals surface area (Å²) in [5, 5.41) is 21.1. The van der Waals surface area contributed by atoms with Gasteiger partial charge in [0, 0.05) is 0 Å². The number of rotatable bonds is 5. The van der Waals surface area contributed by atoms with Crippen molar-refractivity contribution in [3.63, 3.8) is 0 Å². The summed E-state index contributed by atoms with van der Waals surface area (Å²) in [6, 6.07) is 0. The van der Waals surface area contributed by atoms with Gasteiger partial charge in [-0.15, -0.1) is 0 Å². The average molecular weight is 189 g/mol. The molecule has 0 saturated carbocycles. The largest absolute Gasteiger partial charge is 0.480 e. The van der Waals surface area contributed by atoms with Crippen molar-refractivity contribution < 1.29 is 15.0 Å². The molecule has 0 aliphatic heterocycles. The number of carboxylic acid groups (broad SMARTS) is 1. The first-order valence-corrected chi connectivity index (χ1v) is 4.52. The van der Waals surface area contributed by atoms with Crippen LogP contribution in [0.25, 0.3) is 0 Å². The first-order valence-electron chi connectivity index (χ1n) is 4.52. The molecule has 0 radical (unpaired) electrons. The number of nitrogens with one attached hydrogen (secondary N) is 1. The van der Waals surface area contributed by atoms with E-state index in [0.29, 0.717) is 6.42 Å². The third-order valence-corrected chi connectivity index (χ3v) is 2.28. The highest BCUT2D eigenvalue weighted by Gasteiger charge is 2.33. The minimum atomic E-state index is -1.04. The van der Waals surface area contributed by atoms with Gasteiger partial charge in [0.05, 0.1) is 0 Å². The lowest BCUT2D eigenvalue weighted by atomic mass is 9.98. The minimum Gasteiger partial charge on any atom is -0.480 e. The van der Waals surface area contributed by atoms with E-state index in [0.717, 1.165) is 0 Å². The number of carbonyl (C=O) groups is 1. The zero-order chi connectivity index (χ0) is 10.6. The topological polar surface area (TPSA) is 69.6 Å². The van der Waals surface area contributed by atoms with Crippen LogP contribution in [0.4, 0.5) is 0 Å². The highest BCUT2D eigenvalue weighted by atomic mass is 16.4. The van der Waals surface area contributed by atoms with Gasteiger partial charge in [0.2, 0.25) is 0 Å². The quantitative estimate of drug-likeness (QED) is 0.560. The molecule has 0 aliphatic carbocycles. The van der Waals surface area contributed by atoms with Gasteiger partial charge in [0.15, 0.2) is 0 Å². The zero-order valence-corrected chi connectivity index (χ0v) is 8.66. The van der Waals surface area contributed by atoms with Gasteiger partial charge in [0.25, 0.3) is 0 Å². The summed E-state index contributed by atoms with van der Waals surface area (Å²) >= 11 is 0. The lowest BCUT2D eigenvalue weighted by Crippen LogP contribution is -2.54. The van der Waals surface area contributed by atoms with Crippen molar-refractivity contribution in [1.82, 2.24) is 5.32 Å². The summed E-state index contributed by atoms with van der Waals surface area (Å²) in [6.45, 7) is 7.00. The number of aliphatic hydroxyl groups excluding tert-OH is 1. The van der Waals surface area contributed by atoms with E-state index in [1.807, 2.05) is 13.8 Å². The third kappa shape index (κ3) is 3.32. The number of hydrogen-bond donors (Lipinski definition) is 3. The molecule has 78 valence electrons. The maximum atomic E-state index is 10.8. The van der Waals surface area contributed by atoms with Crippen LogP contribution in [0.2, 0.25) is 0 Å². The van der Waals surface area contributed by atoms with E-state index >= 15 is 0 Å². The van der Waals surface area contributed by atoms with Gasteiger partial charge in [-0.25, -0.2) is 0 Å². The molecule has 4 nitrogen and oxygen atoms in total. The lowest BCUT2D eigenvalue weighted by Gasteiger charge is -2.29. The Labute approximate surface area is 79.0 Å². The normalized spacial score (nSPS) is 18.3. The molecule has 0 bridgehead atoms. The Kier molecular flexibility index (Phi) is 4.36. The van der Waals surface area contributed by atoms with Gasteiger partial charge in [-0.2, -0.15) is 0 Å². The average Bonchev–Trinajstić information content (AvgIpc) is 2.03. The van der Waals surface area contributed by atoms with E-state index in [-0.39, 0.29) is 5.92 Å². The van der Waals surface area contributed by atoms with Crippen molar-refractivity contribution in [2.45, 2.75) is 45.9 Å². The van der Waals surface area contributed by atoms with Crippen LogP contribution in [0.3, 0.4) is 0 Å². The van der Waals surface area contributed by atoms with Crippen LogP contribution >= 0.6 is 0 Å². The number of aliphatic carboxylic acids is 1. The molecule has 0 amide bonds. The molecule has 0 aromatic heterocycles. The maximum Gasteiger partial charge on any atom is 0.323 e. The van der Waals surface area contributed by atoms with Crippen LogP contribution in [-0.2, 0) is 4.79 Å². The minimum absolute atomic E-state index is 0.00484. The monoisotopic (exact) mass is 189 g/mol. The van der Waals surface area contributed by atoms with Crippen molar-refractivity contribution in [2.24, 2.45) is 5.92 Å². The fraction of sp³-hybridized carbons (Fsp3) is 0.889. The zero-order valence-electron chi connectivity index (χ0n) is 8.66. The van der Waals surface area contributed by atoms with Crippen LogP contribution in [0.5, 0.6) is 0 Å². The molecular weight excluding hydrogens is 170 g/mol. The number of hydrogen-bond acceptors (Lipinski definition) is 3. The Balaban J connectivity index is 4.36. The molecule has 0 saturated heterocycles. The second kappa shape index (κ2) is 4.58. The highest BCUT2D eigenvalue weighted by molar-refractivity contribution is 5.78. The maximum absolute atomic E-state index is 10.8. The first kappa shape index (κ1) is 12.4. The van der Waals surface area contributed by atoms with E-state index in [1.165, 1.54) is 0 Å². The number of carboxylic acids is 1. The van der Waals surface area contributed by atoms with Crippen LogP contribution in [0.1, 0.15) is 34.1 Å². The molecule has 0 fully saturated rings. The Morgan fingerprint density at radius 2 is 2.00 bits per heavy atom. The second-order valence-corrected chi connectivity index (χ2v) is 3.82. The van der Waals surface area contributed by atoms with Crippen molar-refractivity contribution in [3.05, 3.63) is 0 Å². The second-order valence-electron chi connectivity index (χ2n) is 3.82. The Hall–Kier alpha value is -0.610. The first-order chi connectivity index (χ1) is 5.83. The van der Waals surface area contributed by atoms with Crippen molar-refractivity contribution >= 4 is 5.97 Å². The Morgan fingerprint density at radius 3 is 2.23 bits per heavy atom. The van der Waals surface area contributed by atoms with Gasteiger partial charge in [-0.1, -0.05) is 20.8 Å². The van der Waals surface area contributed by atoms with E-state index < -0.39 is 17.7 Å². The summed E-state index contributed by atoms with van der Waals surface area (Å²) in [5.41, 5.74) is -1.04. The SMILES string of the molecule is CCC(C)(NC(O)C(C)C)C(=O)O. The summed E-state index contributed by atoms with van der Waals surface area (Å²) in [6.07, 6.45) is -0.340. The van der Waals surface area contributed by atoms with E-state index in [9.17, 15) is 9.90 Å². The lowest BCUT2D eigenvalue weighted by molar-refractivity contribution is -0.146. The molecule has 2 atom stereocenters. The van der Waals surface area contributed by atoms with Crippen LogP contribution in [0, 0.1) is 5.92 Å². The number of aliphatic hydroxyl groups is 1. The van der Waals surface area contributed by atoms with E-state index in [1.54, 1.807) is 13.8 Å². The molecule has 0 aliphatic rings. The Bertz CT molecular complexity index is 182. The van der Waals surface area contributed by atoms with Crippen molar-refractivity contribution in [3.8, 4) is 0 Å². The smallest absolute Gasteiger partial charge is 0.323 e. The molecular formula is C9H19NO3. The summed E-state index contributed by atoms with van der Waals surface area (Å²) < 4.78 is 0. The van der Waals surface area contributed by atoms with Crippen LogP contribution < -0.4 is 5.32 Å². The molecule has 13 heavy (non-hydrogen) atoms. The molecule has 0 aromatic rings. The molecule has 0 aromatic carbocycles. The van der Waals surface area contributed by atoms with Gasteiger partial charge >= 0.3 is 5.97 Å². The molecule has 0 spiro atoms. The standard InChI is InChI=1S/C9H19NO3/c1-5-9(4,8(12)13)10-7(11)6(2)3/h6-7,10-11H,5H2,1-4H3,(H,12,13). The van der Waals surface area contributed by atoms with Crippen molar-refractivity contribution in [1.29, 1.82) is 0 Å². The third-order valence-electron chi connectivity index (χ3n) is 2.28. The summed E-state index contributed by atoms with van der Waals surface area (Å²) in [4.78, 5) is 10.8. The van der Waals surface area contributed by atoms with E-state index in [4.69, 9.17) is 5.11 Å². The molecule has 0 rings (SSSR count).